The largest absolute Gasteiger partial charge is 0.494 e. The molecule has 3 fully saturated rings. The van der Waals surface area contributed by atoms with Crippen molar-refractivity contribution in [2.75, 3.05) is 51.3 Å². The van der Waals surface area contributed by atoms with Gasteiger partial charge in [-0.2, -0.15) is 5.10 Å². The first kappa shape index (κ1) is 47.9. The first-order chi connectivity index (χ1) is 33.3. The van der Waals surface area contributed by atoms with Crippen LogP contribution in [0.1, 0.15) is 91.3 Å². The molecule has 3 aliphatic heterocycles. The van der Waals surface area contributed by atoms with E-state index in [0.717, 1.165) is 87.5 Å². The van der Waals surface area contributed by atoms with Gasteiger partial charge in [-0.3, -0.25) is 29.3 Å². The van der Waals surface area contributed by atoms with Gasteiger partial charge in [-0.25, -0.2) is 13.6 Å². The third-order valence-electron chi connectivity index (χ3n) is 14.9. The number of halogens is 3. The number of amides is 5. The van der Waals surface area contributed by atoms with E-state index in [1.54, 1.807) is 4.68 Å². The quantitative estimate of drug-likeness (QED) is 0.0767. The number of piperidine rings is 1. The standard InChI is InChI=1S/C52H59ClF2N8O6/c1-30-43-41(28-38(54)46(53)45(43)44-37(48(56)65)16-17-40(68-3)47(44)55)69-52(30,34-8-5-4-6-9-34)29-58-35-13-11-33(12-14-35)50(66)57-21-7-22-62-23-18-31(19-24-62)26-32-10-15-36-39(27-32)61(2)60-49(36)63-25-20-42(64)59-51(63)67/h4-6,8-10,15-17,27-28,30-31,33,35,58H,7,11-14,18-26,29H2,1-3H3,(H2,56,65)(H,57,66)(H,59,64,67)/t30-,33?,35?,52-/m0/s1. The maximum atomic E-state index is 16.2. The number of hydrogen-bond acceptors (Lipinski definition) is 9. The number of primary amides is 1. The van der Waals surface area contributed by atoms with E-state index in [1.807, 2.05) is 50.4 Å². The van der Waals surface area contributed by atoms with Crippen LogP contribution in [-0.4, -0.2) is 90.9 Å². The normalized spacial score (nSPS) is 22.1. The average molecular weight is 966 g/mol. The van der Waals surface area contributed by atoms with Gasteiger partial charge in [0.05, 0.1) is 23.2 Å². The molecule has 4 heterocycles. The number of ether oxygens (including phenoxy) is 2. The zero-order valence-electron chi connectivity index (χ0n) is 39.2. The molecule has 5 amide bonds. The van der Waals surface area contributed by atoms with Gasteiger partial charge < -0.3 is 30.7 Å². The van der Waals surface area contributed by atoms with E-state index in [9.17, 15) is 19.2 Å². The molecule has 4 aromatic carbocycles. The third-order valence-corrected chi connectivity index (χ3v) is 15.3. The lowest BCUT2D eigenvalue weighted by molar-refractivity contribution is -0.126. The van der Waals surface area contributed by atoms with Crippen LogP contribution >= 0.6 is 11.6 Å². The molecule has 1 aromatic heterocycles. The predicted molar refractivity (Wildman–Crippen MR) is 259 cm³/mol. The summed E-state index contributed by atoms with van der Waals surface area (Å²) in [5.41, 5.74) is 7.72. The van der Waals surface area contributed by atoms with Crippen molar-refractivity contribution in [3.05, 3.63) is 106 Å². The van der Waals surface area contributed by atoms with Gasteiger partial charge in [0.2, 0.25) is 17.7 Å². The molecular weight excluding hydrogens is 906 g/mol. The van der Waals surface area contributed by atoms with E-state index < -0.39 is 35.1 Å². The summed E-state index contributed by atoms with van der Waals surface area (Å²) in [7, 11) is 3.18. The first-order valence-electron chi connectivity index (χ1n) is 24.0. The molecule has 9 rings (SSSR count). The Bertz CT molecular complexity index is 2770. The summed E-state index contributed by atoms with van der Waals surface area (Å²) in [6, 6.07) is 19.4. The zero-order valence-corrected chi connectivity index (χ0v) is 40.0. The van der Waals surface area contributed by atoms with Crippen LogP contribution in [0.3, 0.4) is 0 Å². The highest BCUT2D eigenvalue weighted by molar-refractivity contribution is 6.34. The van der Waals surface area contributed by atoms with Crippen molar-refractivity contribution in [1.82, 2.24) is 30.6 Å². The van der Waals surface area contributed by atoms with E-state index in [1.165, 1.54) is 35.8 Å². The Hall–Kier alpha value is -6.10. The fourth-order valence-electron chi connectivity index (χ4n) is 11.0. The second-order valence-corrected chi connectivity index (χ2v) is 19.4. The highest BCUT2D eigenvalue weighted by atomic mass is 35.5. The van der Waals surface area contributed by atoms with Crippen LogP contribution in [0.25, 0.3) is 22.0 Å². The van der Waals surface area contributed by atoms with Crippen LogP contribution in [0.2, 0.25) is 5.02 Å². The molecule has 2 atom stereocenters. The molecule has 1 aliphatic carbocycles. The molecule has 69 heavy (non-hydrogen) atoms. The smallest absolute Gasteiger partial charge is 0.329 e. The topological polar surface area (TPSA) is 173 Å². The van der Waals surface area contributed by atoms with Gasteiger partial charge in [-0.05, 0) is 112 Å². The molecule has 0 bridgehead atoms. The molecule has 5 N–H and O–H groups in total. The number of urea groups is 1. The molecule has 0 unspecified atom stereocenters. The lowest BCUT2D eigenvalue weighted by Crippen LogP contribution is -2.49. The fraction of sp³-hybridized carbons (Fsp3) is 0.442. The average Bonchev–Trinajstić information content (AvgIpc) is 3.82. The van der Waals surface area contributed by atoms with Crippen molar-refractivity contribution in [2.24, 2.45) is 24.6 Å². The van der Waals surface area contributed by atoms with E-state index in [4.69, 9.17) is 26.8 Å². The minimum atomic E-state index is -1.07. The number of likely N-dealkylation sites (tertiary alicyclic amines) is 1. The van der Waals surface area contributed by atoms with Gasteiger partial charge in [0.25, 0.3) is 0 Å². The minimum Gasteiger partial charge on any atom is -0.494 e. The van der Waals surface area contributed by atoms with Crippen LogP contribution in [0.4, 0.5) is 19.4 Å². The van der Waals surface area contributed by atoms with Crippen molar-refractivity contribution >= 4 is 52.1 Å². The van der Waals surface area contributed by atoms with Gasteiger partial charge in [-0.15, -0.1) is 0 Å². The highest BCUT2D eigenvalue weighted by Gasteiger charge is 2.50. The molecule has 364 valence electrons. The Morgan fingerprint density at radius 3 is 2.45 bits per heavy atom. The number of methoxy groups -OCH3 is 1. The number of aryl methyl sites for hydroxylation is 1. The van der Waals surface area contributed by atoms with Crippen molar-refractivity contribution in [3.63, 3.8) is 0 Å². The fourth-order valence-corrected chi connectivity index (χ4v) is 11.3. The predicted octanol–water partition coefficient (Wildman–Crippen LogP) is 7.73. The van der Waals surface area contributed by atoms with Crippen molar-refractivity contribution in [3.8, 4) is 22.6 Å². The van der Waals surface area contributed by atoms with Crippen molar-refractivity contribution < 1.29 is 37.4 Å². The summed E-state index contributed by atoms with van der Waals surface area (Å²) >= 11 is 6.68. The number of fused-ring (bicyclic) bond motifs is 2. The van der Waals surface area contributed by atoms with Crippen molar-refractivity contribution in [2.45, 2.75) is 82.3 Å². The van der Waals surface area contributed by atoms with Gasteiger partial charge >= 0.3 is 6.03 Å². The molecular formula is C52H59ClF2N8O6. The first-order valence-corrected chi connectivity index (χ1v) is 24.4. The maximum Gasteiger partial charge on any atom is 0.329 e. The summed E-state index contributed by atoms with van der Waals surface area (Å²) < 4.78 is 45.7. The monoisotopic (exact) mass is 964 g/mol. The number of nitrogens with two attached hydrogens (primary N) is 1. The van der Waals surface area contributed by atoms with Crippen LogP contribution in [0, 0.1) is 23.5 Å². The van der Waals surface area contributed by atoms with Crippen molar-refractivity contribution in [1.29, 1.82) is 0 Å². The maximum absolute atomic E-state index is 16.2. The second kappa shape index (κ2) is 20.1. The minimum absolute atomic E-state index is 0.00468. The number of carbonyl (C=O) groups excluding carboxylic acids is 4. The van der Waals surface area contributed by atoms with Crippen LogP contribution < -0.4 is 36.1 Å². The Labute approximate surface area is 405 Å². The van der Waals surface area contributed by atoms with E-state index in [2.05, 4.69) is 38.1 Å². The Balaban J connectivity index is 0.754. The zero-order chi connectivity index (χ0) is 48.6. The Kier molecular flexibility index (Phi) is 14.0. The second-order valence-electron chi connectivity index (χ2n) is 19.0. The number of carbonyl (C=O) groups is 4. The SMILES string of the molecule is COc1ccc(C(N)=O)c(-c2c(Cl)c(F)cc3c2[C@H](C)[C@@](CNC2CCC(C(=O)NCCCN4CCC(Cc5ccc6c(N7CCC(=O)NC7=O)nn(C)c6c5)CC4)CC2)(c2ccccc2)O3)c1F. The number of hydrogen-bond donors (Lipinski definition) is 4. The summed E-state index contributed by atoms with van der Waals surface area (Å²) in [6.07, 6.45) is 7.31. The van der Waals surface area contributed by atoms with Crippen LogP contribution in [-0.2, 0) is 28.7 Å². The molecule has 1 saturated carbocycles. The Morgan fingerprint density at radius 2 is 1.74 bits per heavy atom. The van der Waals surface area contributed by atoms with Gasteiger partial charge in [0.15, 0.2) is 23.0 Å². The summed E-state index contributed by atoms with van der Waals surface area (Å²) in [5.74, 6) is -2.22. The van der Waals surface area contributed by atoms with E-state index in [-0.39, 0.29) is 63.4 Å². The number of nitrogens with one attached hydrogen (secondary N) is 3. The van der Waals surface area contributed by atoms with Gasteiger partial charge in [0.1, 0.15) is 11.6 Å². The van der Waals surface area contributed by atoms with E-state index >= 15 is 8.78 Å². The highest BCUT2D eigenvalue weighted by Crippen LogP contribution is 2.56. The van der Waals surface area contributed by atoms with E-state index in [0.29, 0.717) is 36.9 Å². The number of benzene rings is 4. The lowest BCUT2D eigenvalue weighted by Gasteiger charge is -2.37. The summed E-state index contributed by atoms with van der Waals surface area (Å²) in [5, 5.41) is 14.5. The number of rotatable bonds is 15. The van der Waals surface area contributed by atoms with Crippen LogP contribution in [0.5, 0.6) is 11.5 Å². The summed E-state index contributed by atoms with van der Waals surface area (Å²) in [4.78, 5) is 54.2. The molecule has 14 nitrogen and oxygen atoms in total. The molecule has 5 aromatic rings. The number of imide groups is 1. The lowest BCUT2D eigenvalue weighted by atomic mass is 9.77. The van der Waals surface area contributed by atoms with Gasteiger partial charge in [-0.1, -0.05) is 54.9 Å². The summed E-state index contributed by atoms with van der Waals surface area (Å²) in [6.45, 7) is 6.14. The molecule has 4 aliphatic rings. The number of anilines is 1. The molecule has 2 saturated heterocycles. The number of nitrogens with zero attached hydrogens (tertiary/aromatic N) is 4. The molecule has 0 spiro atoms. The Morgan fingerprint density at radius 1 is 0.986 bits per heavy atom. The molecule has 17 heteroatoms. The molecule has 0 radical (unpaired) electrons. The van der Waals surface area contributed by atoms with Gasteiger partial charge in [0, 0.05) is 79.1 Å². The number of aromatic nitrogens is 2. The third kappa shape index (κ3) is 9.50. The van der Waals surface area contributed by atoms with Crippen LogP contribution in [0.15, 0.2) is 66.7 Å².